The number of nitrogens with zero attached hydrogens (tertiary/aromatic N) is 2. The van der Waals surface area contributed by atoms with Gasteiger partial charge in [-0.2, -0.15) is 0 Å². The van der Waals surface area contributed by atoms with E-state index >= 15 is 0 Å². The van der Waals surface area contributed by atoms with E-state index in [4.69, 9.17) is 14.2 Å². The highest BCUT2D eigenvalue weighted by Crippen LogP contribution is 2.32. The smallest absolute Gasteiger partial charge is 0.410 e. The summed E-state index contributed by atoms with van der Waals surface area (Å²) in [5, 5.41) is 6.62. The Balaban J connectivity index is 1.37. The number of likely N-dealkylation sites (tertiary alicyclic amines) is 1. The Morgan fingerprint density at radius 2 is 2.04 bits per heavy atom. The highest BCUT2D eigenvalue weighted by Gasteiger charge is 2.34. The SMILES string of the molecule is CN=C(NCCc1ccc2c(c1)OCO2)NC1CN(C(=O)OC(C)(C)C)C1. The molecule has 0 aliphatic carbocycles. The normalized spacial score (nSPS) is 16.7. The summed E-state index contributed by atoms with van der Waals surface area (Å²) < 4.78 is 16.1. The summed E-state index contributed by atoms with van der Waals surface area (Å²) in [5.41, 5.74) is 0.698. The number of carbonyl (C=O) groups is 1. The number of rotatable bonds is 4. The fraction of sp³-hybridized carbons (Fsp3) is 0.579. The molecule has 1 amide bonds. The van der Waals surface area contributed by atoms with Crippen molar-refractivity contribution in [2.24, 2.45) is 4.99 Å². The van der Waals surface area contributed by atoms with Crippen LogP contribution in [-0.2, 0) is 11.2 Å². The van der Waals surface area contributed by atoms with Crippen molar-refractivity contribution in [3.05, 3.63) is 23.8 Å². The van der Waals surface area contributed by atoms with Gasteiger partial charge in [0.05, 0.1) is 6.04 Å². The van der Waals surface area contributed by atoms with Crippen LogP contribution in [0.3, 0.4) is 0 Å². The average molecular weight is 376 g/mol. The van der Waals surface area contributed by atoms with Gasteiger partial charge in [-0.1, -0.05) is 6.07 Å². The van der Waals surface area contributed by atoms with E-state index in [2.05, 4.69) is 15.6 Å². The van der Waals surface area contributed by atoms with E-state index < -0.39 is 5.60 Å². The summed E-state index contributed by atoms with van der Waals surface area (Å²) in [6.45, 7) is 7.84. The molecular weight excluding hydrogens is 348 g/mol. The number of nitrogens with one attached hydrogen (secondary N) is 2. The Hall–Kier alpha value is -2.64. The molecule has 1 saturated heterocycles. The molecule has 8 heteroatoms. The lowest BCUT2D eigenvalue weighted by atomic mass is 10.1. The summed E-state index contributed by atoms with van der Waals surface area (Å²) in [4.78, 5) is 17.9. The van der Waals surface area contributed by atoms with Crippen LogP contribution in [0, 0.1) is 0 Å². The van der Waals surface area contributed by atoms with E-state index in [1.807, 2.05) is 39.0 Å². The molecule has 0 unspecified atom stereocenters. The van der Waals surface area contributed by atoms with E-state index in [0.717, 1.165) is 30.4 Å². The van der Waals surface area contributed by atoms with Crippen LogP contribution in [0.4, 0.5) is 4.79 Å². The fourth-order valence-corrected chi connectivity index (χ4v) is 2.86. The number of ether oxygens (including phenoxy) is 3. The Morgan fingerprint density at radius 1 is 1.30 bits per heavy atom. The third-order valence-corrected chi connectivity index (χ3v) is 4.24. The van der Waals surface area contributed by atoms with Gasteiger partial charge >= 0.3 is 6.09 Å². The van der Waals surface area contributed by atoms with E-state index in [0.29, 0.717) is 13.1 Å². The van der Waals surface area contributed by atoms with Gasteiger partial charge in [-0.05, 0) is 44.9 Å². The number of guanidine groups is 1. The van der Waals surface area contributed by atoms with Crippen molar-refractivity contribution in [2.45, 2.75) is 38.8 Å². The number of fused-ring (bicyclic) bond motifs is 1. The maximum atomic E-state index is 12.0. The third kappa shape index (κ3) is 5.18. The molecule has 0 radical (unpaired) electrons. The standard InChI is InChI=1S/C19H28N4O4/c1-19(2,3)27-18(24)23-10-14(11-23)22-17(20-4)21-8-7-13-5-6-15-16(9-13)26-12-25-15/h5-6,9,14H,7-8,10-12H2,1-4H3,(H2,20,21,22). The largest absolute Gasteiger partial charge is 0.454 e. The monoisotopic (exact) mass is 376 g/mol. The zero-order valence-corrected chi connectivity index (χ0v) is 16.4. The molecule has 1 aromatic rings. The van der Waals surface area contributed by atoms with Crippen molar-refractivity contribution in [2.75, 3.05) is 33.5 Å². The van der Waals surface area contributed by atoms with Gasteiger partial charge in [-0.15, -0.1) is 0 Å². The Morgan fingerprint density at radius 3 is 2.74 bits per heavy atom. The maximum Gasteiger partial charge on any atom is 0.410 e. The number of hydrogen-bond donors (Lipinski definition) is 2. The zero-order valence-electron chi connectivity index (χ0n) is 16.4. The van der Waals surface area contributed by atoms with Gasteiger partial charge in [0.25, 0.3) is 0 Å². The lowest BCUT2D eigenvalue weighted by Gasteiger charge is -2.40. The number of aliphatic imine (C=N–C) groups is 1. The van der Waals surface area contributed by atoms with E-state index in [9.17, 15) is 4.79 Å². The highest BCUT2D eigenvalue weighted by molar-refractivity contribution is 5.80. The average Bonchev–Trinajstić information content (AvgIpc) is 3.01. The van der Waals surface area contributed by atoms with Gasteiger partial charge in [0.15, 0.2) is 17.5 Å². The van der Waals surface area contributed by atoms with Crippen molar-refractivity contribution in [1.82, 2.24) is 15.5 Å². The first kappa shape index (κ1) is 19.1. The summed E-state index contributed by atoms with van der Waals surface area (Å²) in [7, 11) is 1.74. The van der Waals surface area contributed by atoms with Crippen molar-refractivity contribution < 1.29 is 19.0 Å². The first-order valence-corrected chi connectivity index (χ1v) is 9.18. The van der Waals surface area contributed by atoms with Crippen molar-refractivity contribution in [3.63, 3.8) is 0 Å². The molecule has 3 rings (SSSR count). The summed E-state index contributed by atoms with van der Waals surface area (Å²) in [6, 6.07) is 6.15. The molecule has 0 atom stereocenters. The van der Waals surface area contributed by atoms with E-state index in [-0.39, 0.29) is 18.9 Å². The topological polar surface area (TPSA) is 84.4 Å². The van der Waals surface area contributed by atoms with Crippen LogP contribution in [0.5, 0.6) is 11.5 Å². The minimum atomic E-state index is -0.470. The van der Waals surface area contributed by atoms with Gasteiger partial charge in [0, 0.05) is 26.7 Å². The second-order valence-corrected chi connectivity index (χ2v) is 7.66. The van der Waals surface area contributed by atoms with Gasteiger partial charge < -0.3 is 29.7 Å². The number of carbonyl (C=O) groups excluding carboxylic acids is 1. The lowest BCUT2D eigenvalue weighted by Crippen LogP contribution is -2.63. The van der Waals surface area contributed by atoms with Crippen LogP contribution in [0.1, 0.15) is 26.3 Å². The summed E-state index contributed by atoms with van der Waals surface area (Å²) >= 11 is 0. The molecule has 0 bridgehead atoms. The second kappa shape index (κ2) is 7.94. The Labute approximate surface area is 159 Å². The molecule has 148 valence electrons. The number of hydrogen-bond acceptors (Lipinski definition) is 5. The van der Waals surface area contributed by atoms with Gasteiger partial charge in [-0.3, -0.25) is 4.99 Å². The van der Waals surface area contributed by atoms with Crippen molar-refractivity contribution in [3.8, 4) is 11.5 Å². The molecule has 0 spiro atoms. The first-order valence-electron chi connectivity index (χ1n) is 9.18. The van der Waals surface area contributed by atoms with Crippen LogP contribution < -0.4 is 20.1 Å². The minimum absolute atomic E-state index is 0.175. The molecule has 2 aliphatic rings. The number of benzene rings is 1. The fourth-order valence-electron chi connectivity index (χ4n) is 2.86. The minimum Gasteiger partial charge on any atom is -0.454 e. The van der Waals surface area contributed by atoms with E-state index in [1.165, 1.54) is 5.56 Å². The molecule has 2 aliphatic heterocycles. The highest BCUT2D eigenvalue weighted by atomic mass is 16.7. The predicted octanol–water partition coefficient (Wildman–Crippen LogP) is 1.74. The quantitative estimate of drug-likeness (QED) is 0.615. The molecule has 2 N–H and O–H groups in total. The molecule has 2 heterocycles. The number of amides is 1. The second-order valence-electron chi connectivity index (χ2n) is 7.66. The molecule has 27 heavy (non-hydrogen) atoms. The summed E-state index contributed by atoms with van der Waals surface area (Å²) in [6.07, 6.45) is 0.567. The van der Waals surface area contributed by atoms with Gasteiger partial charge in [0.2, 0.25) is 6.79 Å². The Bertz CT molecular complexity index is 708. The van der Waals surface area contributed by atoms with Crippen LogP contribution in [0.25, 0.3) is 0 Å². The van der Waals surface area contributed by atoms with Gasteiger partial charge in [-0.25, -0.2) is 4.79 Å². The van der Waals surface area contributed by atoms with E-state index in [1.54, 1.807) is 11.9 Å². The van der Waals surface area contributed by atoms with Crippen molar-refractivity contribution in [1.29, 1.82) is 0 Å². The third-order valence-electron chi connectivity index (χ3n) is 4.24. The van der Waals surface area contributed by atoms with Crippen LogP contribution in [0.2, 0.25) is 0 Å². The molecule has 0 saturated carbocycles. The molecule has 1 aromatic carbocycles. The van der Waals surface area contributed by atoms with Gasteiger partial charge in [0.1, 0.15) is 5.60 Å². The van der Waals surface area contributed by atoms with Crippen LogP contribution in [-0.4, -0.2) is 62.1 Å². The zero-order chi connectivity index (χ0) is 19.4. The summed E-state index contributed by atoms with van der Waals surface area (Å²) in [5.74, 6) is 2.32. The van der Waals surface area contributed by atoms with Crippen molar-refractivity contribution >= 4 is 12.1 Å². The maximum absolute atomic E-state index is 12.0. The first-order chi connectivity index (χ1) is 12.8. The van der Waals surface area contributed by atoms with Crippen LogP contribution in [0.15, 0.2) is 23.2 Å². The lowest BCUT2D eigenvalue weighted by molar-refractivity contribution is 0.00701. The molecular formula is C19H28N4O4. The molecule has 8 nitrogen and oxygen atoms in total. The Kier molecular flexibility index (Phi) is 5.62. The van der Waals surface area contributed by atoms with Crippen LogP contribution >= 0.6 is 0 Å². The molecule has 0 aromatic heterocycles. The predicted molar refractivity (Wildman–Crippen MR) is 102 cm³/mol. The molecule has 1 fully saturated rings.